The molecule has 0 bridgehead atoms. The largest absolute Gasteiger partial charge is 0.444 e. The number of ether oxygens (including phenoxy) is 1. The first-order valence-electron chi connectivity index (χ1n) is 6.70. The van der Waals surface area contributed by atoms with Crippen molar-refractivity contribution in [1.82, 2.24) is 0 Å². The molecule has 1 aromatic carbocycles. The standard InChI is InChI=1S/C15H23BrN2O2/c1-5-18(12-8-6-11(16)7-9-12)10-13(15(2,3)4)20-14(17)19/h6-9,13H,5,10H2,1-4H3,(H2,17,19). The van der Waals surface area contributed by atoms with Gasteiger partial charge in [-0.15, -0.1) is 0 Å². The minimum absolute atomic E-state index is 0.169. The summed E-state index contributed by atoms with van der Waals surface area (Å²) in [4.78, 5) is 13.3. The highest BCUT2D eigenvalue weighted by Gasteiger charge is 2.29. The van der Waals surface area contributed by atoms with Gasteiger partial charge in [-0.05, 0) is 31.2 Å². The fourth-order valence-corrected chi connectivity index (χ4v) is 2.16. The lowest BCUT2D eigenvalue weighted by Crippen LogP contribution is -2.43. The number of primary amides is 1. The van der Waals surface area contributed by atoms with Gasteiger partial charge in [-0.1, -0.05) is 36.7 Å². The second-order valence-corrected chi connectivity index (χ2v) is 6.72. The highest BCUT2D eigenvalue weighted by molar-refractivity contribution is 9.10. The molecule has 0 radical (unpaired) electrons. The van der Waals surface area contributed by atoms with E-state index in [1.54, 1.807) is 0 Å². The number of rotatable bonds is 5. The zero-order valence-electron chi connectivity index (χ0n) is 12.5. The molecule has 0 saturated heterocycles. The topological polar surface area (TPSA) is 55.6 Å². The quantitative estimate of drug-likeness (QED) is 0.885. The normalized spacial score (nSPS) is 12.8. The van der Waals surface area contributed by atoms with Crippen LogP contribution < -0.4 is 10.6 Å². The maximum Gasteiger partial charge on any atom is 0.404 e. The Morgan fingerprint density at radius 2 is 1.90 bits per heavy atom. The Morgan fingerprint density at radius 1 is 1.35 bits per heavy atom. The van der Waals surface area contributed by atoms with Crippen LogP contribution in [0.15, 0.2) is 28.7 Å². The van der Waals surface area contributed by atoms with E-state index in [9.17, 15) is 4.79 Å². The summed E-state index contributed by atoms with van der Waals surface area (Å²) in [5, 5.41) is 0. The molecule has 0 fully saturated rings. The number of halogens is 1. The molecule has 0 aromatic heterocycles. The average molecular weight is 343 g/mol. The maximum absolute atomic E-state index is 11.1. The van der Waals surface area contributed by atoms with E-state index in [-0.39, 0.29) is 11.5 Å². The smallest absolute Gasteiger partial charge is 0.404 e. The molecule has 5 heteroatoms. The second kappa shape index (κ2) is 6.97. The van der Waals surface area contributed by atoms with E-state index in [2.05, 4.69) is 27.8 Å². The first-order chi connectivity index (χ1) is 9.24. The Kier molecular flexibility index (Phi) is 5.87. The molecule has 0 aliphatic carbocycles. The van der Waals surface area contributed by atoms with Gasteiger partial charge in [-0.25, -0.2) is 4.79 Å². The van der Waals surface area contributed by atoms with Gasteiger partial charge in [-0.3, -0.25) is 0 Å². The fourth-order valence-electron chi connectivity index (χ4n) is 1.90. The average Bonchev–Trinajstić information content (AvgIpc) is 2.34. The van der Waals surface area contributed by atoms with E-state index in [0.717, 1.165) is 16.7 Å². The molecule has 4 nitrogen and oxygen atoms in total. The van der Waals surface area contributed by atoms with E-state index in [0.29, 0.717) is 6.54 Å². The predicted octanol–water partition coefficient (Wildman–Crippen LogP) is 3.79. The first kappa shape index (κ1) is 16.8. The predicted molar refractivity (Wildman–Crippen MR) is 85.9 cm³/mol. The van der Waals surface area contributed by atoms with Crippen LogP contribution in [-0.2, 0) is 4.74 Å². The molecule has 112 valence electrons. The van der Waals surface area contributed by atoms with Crippen LogP contribution in [0.4, 0.5) is 10.5 Å². The van der Waals surface area contributed by atoms with E-state index >= 15 is 0 Å². The summed E-state index contributed by atoms with van der Waals surface area (Å²) < 4.78 is 6.32. The molecule has 1 unspecified atom stereocenters. The van der Waals surface area contributed by atoms with Crippen LogP contribution in [0.2, 0.25) is 0 Å². The fraction of sp³-hybridized carbons (Fsp3) is 0.533. The maximum atomic E-state index is 11.1. The Bertz CT molecular complexity index is 440. The number of hydrogen-bond donors (Lipinski definition) is 1. The van der Waals surface area contributed by atoms with Crippen LogP contribution in [0.25, 0.3) is 0 Å². The molecule has 1 atom stereocenters. The van der Waals surface area contributed by atoms with E-state index < -0.39 is 6.09 Å². The van der Waals surface area contributed by atoms with Crippen LogP contribution in [0.5, 0.6) is 0 Å². The van der Waals surface area contributed by atoms with Crippen LogP contribution in [0, 0.1) is 5.41 Å². The summed E-state index contributed by atoms with van der Waals surface area (Å²) in [5.41, 5.74) is 6.11. The number of carbonyl (C=O) groups excluding carboxylic acids is 1. The molecule has 0 aliphatic heterocycles. The number of nitrogens with zero attached hydrogens (tertiary/aromatic N) is 1. The highest BCUT2D eigenvalue weighted by Crippen LogP contribution is 2.26. The van der Waals surface area contributed by atoms with Gasteiger partial charge >= 0.3 is 6.09 Å². The molecule has 1 amide bonds. The third-order valence-electron chi connectivity index (χ3n) is 3.18. The van der Waals surface area contributed by atoms with Crippen molar-refractivity contribution in [2.24, 2.45) is 11.1 Å². The van der Waals surface area contributed by atoms with Gasteiger partial charge in [0.05, 0.1) is 6.54 Å². The Balaban J connectivity index is 2.88. The number of amides is 1. The van der Waals surface area contributed by atoms with Crippen LogP contribution >= 0.6 is 15.9 Å². The van der Waals surface area contributed by atoms with Gasteiger partial charge in [0.2, 0.25) is 0 Å². The van der Waals surface area contributed by atoms with Gasteiger partial charge in [0.15, 0.2) is 0 Å². The Labute approximate surface area is 129 Å². The number of nitrogens with two attached hydrogens (primary N) is 1. The van der Waals surface area contributed by atoms with Crippen LogP contribution in [0.3, 0.4) is 0 Å². The molecular weight excluding hydrogens is 320 g/mol. The van der Waals surface area contributed by atoms with Gasteiger partial charge in [0.25, 0.3) is 0 Å². The summed E-state index contributed by atoms with van der Waals surface area (Å²) in [5.74, 6) is 0. The van der Waals surface area contributed by atoms with Gasteiger partial charge in [0.1, 0.15) is 6.10 Å². The van der Waals surface area contributed by atoms with Crippen molar-refractivity contribution in [3.63, 3.8) is 0 Å². The van der Waals surface area contributed by atoms with E-state index in [4.69, 9.17) is 10.5 Å². The third-order valence-corrected chi connectivity index (χ3v) is 3.71. The van der Waals surface area contributed by atoms with Crippen molar-refractivity contribution in [3.05, 3.63) is 28.7 Å². The molecule has 0 spiro atoms. The minimum Gasteiger partial charge on any atom is -0.444 e. The number of benzene rings is 1. The molecule has 1 rings (SSSR count). The lowest BCUT2D eigenvalue weighted by Gasteiger charge is -2.35. The summed E-state index contributed by atoms with van der Waals surface area (Å²) in [7, 11) is 0. The first-order valence-corrected chi connectivity index (χ1v) is 7.50. The monoisotopic (exact) mass is 342 g/mol. The minimum atomic E-state index is -0.725. The second-order valence-electron chi connectivity index (χ2n) is 5.81. The van der Waals surface area contributed by atoms with Crippen LogP contribution in [0.1, 0.15) is 27.7 Å². The van der Waals surface area contributed by atoms with Crippen molar-refractivity contribution in [2.45, 2.75) is 33.8 Å². The summed E-state index contributed by atoms with van der Waals surface area (Å²) in [6.07, 6.45) is -0.986. The summed E-state index contributed by atoms with van der Waals surface area (Å²) in [6.45, 7) is 9.63. The van der Waals surface area contributed by atoms with Crippen molar-refractivity contribution < 1.29 is 9.53 Å². The summed E-state index contributed by atoms with van der Waals surface area (Å²) >= 11 is 3.43. The third kappa shape index (κ3) is 5.04. The van der Waals surface area contributed by atoms with E-state index in [1.165, 1.54) is 0 Å². The molecule has 0 aliphatic rings. The lowest BCUT2D eigenvalue weighted by atomic mass is 9.88. The van der Waals surface area contributed by atoms with Gasteiger partial charge in [-0.2, -0.15) is 0 Å². The number of carbonyl (C=O) groups is 1. The van der Waals surface area contributed by atoms with E-state index in [1.807, 2.05) is 45.0 Å². The number of hydrogen-bond acceptors (Lipinski definition) is 3. The SMILES string of the molecule is CCN(CC(OC(N)=O)C(C)(C)C)c1ccc(Br)cc1. The van der Waals surface area contributed by atoms with Gasteiger partial charge < -0.3 is 15.4 Å². The van der Waals surface area contributed by atoms with Crippen molar-refractivity contribution in [1.29, 1.82) is 0 Å². The molecule has 1 aromatic rings. The van der Waals surface area contributed by atoms with Crippen molar-refractivity contribution >= 4 is 27.7 Å². The van der Waals surface area contributed by atoms with Crippen molar-refractivity contribution in [3.8, 4) is 0 Å². The Morgan fingerprint density at radius 3 is 2.30 bits per heavy atom. The molecule has 0 heterocycles. The van der Waals surface area contributed by atoms with Crippen LogP contribution in [-0.4, -0.2) is 25.3 Å². The molecular formula is C15H23BrN2O2. The molecule has 0 saturated carbocycles. The van der Waals surface area contributed by atoms with Gasteiger partial charge in [0, 0.05) is 22.1 Å². The highest BCUT2D eigenvalue weighted by atomic mass is 79.9. The summed E-state index contributed by atoms with van der Waals surface area (Å²) in [6, 6.07) is 8.08. The zero-order chi connectivity index (χ0) is 15.3. The Hall–Kier alpha value is -1.23. The molecule has 20 heavy (non-hydrogen) atoms. The lowest BCUT2D eigenvalue weighted by molar-refractivity contribution is 0.0418. The zero-order valence-corrected chi connectivity index (χ0v) is 14.1. The number of anilines is 1. The number of likely N-dealkylation sites (N-methyl/N-ethyl adjacent to an activating group) is 1. The van der Waals surface area contributed by atoms with Crippen molar-refractivity contribution in [2.75, 3.05) is 18.0 Å². The molecule has 2 N–H and O–H groups in total.